The van der Waals surface area contributed by atoms with Gasteiger partial charge in [-0.2, -0.15) is 0 Å². The summed E-state index contributed by atoms with van der Waals surface area (Å²) in [6, 6.07) is 12.6. The molecule has 1 aromatic heterocycles. The molecule has 0 unspecified atom stereocenters. The Labute approximate surface area is 171 Å². The van der Waals surface area contributed by atoms with Crippen molar-refractivity contribution < 1.29 is 24.1 Å². The normalized spacial score (nSPS) is 15.1. The molecule has 2 heterocycles. The average molecular weight is 410 g/mol. The highest BCUT2D eigenvalue weighted by molar-refractivity contribution is 7.13. The van der Waals surface area contributed by atoms with Crippen molar-refractivity contribution in [1.82, 2.24) is 4.98 Å². The third-order valence-electron chi connectivity index (χ3n) is 4.33. The van der Waals surface area contributed by atoms with Crippen LogP contribution in [-0.2, 0) is 4.74 Å². The Morgan fingerprint density at radius 3 is 2.93 bits per heavy atom. The number of hydrogen-bond donors (Lipinski definition) is 2. The van der Waals surface area contributed by atoms with E-state index >= 15 is 0 Å². The van der Waals surface area contributed by atoms with Gasteiger partial charge in [-0.15, -0.1) is 11.3 Å². The monoisotopic (exact) mass is 410 g/mol. The number of methoxy groups -OCH3 is 1. The van der Waals surface area contributed by atoms with Gasteiger partial charge in [0.1, 0.15) is 17.1 Å². The van der Waals surface area contributed by atoms with Crippen LogP contribution in [0.3, 0.4) is 0 Å². The molecule has 0 aliphatic carbocycles. The standard InChI is InChI=1S/C21H18N2O5S/c1-26-18-8-3-2-7-16(18)22-21-23-17(11-29-21)14-9-13-5-4-6-15(20(24)25)19(13)28-12-27-10-14/h2-9,11H,10,12H2,1H3,(H,22,23)(H,24,25)/b14-9+. The first-order valence-corrected chi connectivity index (χ1v) is 9.67. The average Bonchev–Trinajstić information content (AvgIpc) is 3.16. The first-order valence-electron chi connectivity index (χ1n) is 8.79. The van der Waals surface area contributed by atoms with Gasteiger partial charge in [0.2, 0.25) is 0 Å². The van der Waals surface area contributed by atoms with E-state index in [1.165, 1.54) is 17.4 Å². The molecule has 7 nitrogen and oxygen atoms in total. The minimum atomic E-state index is -1.05. The van der Waals surface area contributed by atoms with E-state index in [0.29, 0.717) is 23.1 Å². The molecule has 0 bridgehead atoms. The van der Waals surface area contributed by atoms with Gasteiger partial charge in [-0.05, 0) is 24.3 Å². The smallest absolute Gasteiger partial charge is 0.339 e. The van der Waals surface area contributed by atoms with Crippen LogP contribution in [0, 0.1) is 0 Å². The largest absolute Gasteiger partial charge is 0.495 e. The van der Waals surface area contributed by atoms with E-state index in [2.05, 4.69) is 10.3 Å². The maximum Gasteiger partial charge on any atom is 0.339 e. The van der Waals surface area contributed by atoms with Crippen LogP contribution in [0.25, 0.3) is 11.6 Å². The number of thiazole rings is 1. The topological polar surface area (TPSA) is 89.9 Å². The van der Waals surface area contributed by atoms with Gasteiger partial charge in [-0.3, -0.25) is 0 Å². The number of carboxylic acid groups (broad SMARTS) is 1. The fourth-order valence-electron chi connectivity index (χ4n) is 2.97. The molecule has 3 aromatic rings. The maximum atomic E-state index is 11.5. The Morgan fingerprint density at radius 1 is 1.24 bits per heavy atom. The van der Waals surface area contributed by atoms with E-state index in [0.717, 1.165) is 22.7 Å². The van der Waals surface area contributed by atoms with Gasteiger partial charge in [0.15, 0.2) is 11.9 Å². The summed E-state index contributed by atoms with van der Waals surface area (Å²) in [6.45, 7) is 0.264. The molecular weight excluding hydrogens is 392 g/mol. The molecule has 0 saturated carbocycles. The molecule has 0 radical (unpaired) electrons. The van der Waals surface area contributed by atoms with E-state index in [1.807, 2.05) is 41.8 Å². The molecule has 0 saturated heterocycles. The van der Waals surface area contributed by atoms with Gasteiger partial charge in [-0.25, -0.2) is 9.78 Å². The van der Waals surface area contributed by atoms with Crippen molar-refractivity contribution in [3.05, 3.63) is 64.7 Å². The van der Waals surface area contributed by atoms with Crippen molar-refractivity contribution in [1.29, 1.82) is 0 Å². The molecule has 4 rings (SSSR count). The second-order valence-corrected chi connectivity index (χ2v) is 7.03. The van der Waals surface area contributed by atoms with Crippen LogP contribution in [0.15, 0.2) is 47.8 Å². The zero-order valence-electron chi connectivity index (χ0n) is 15.5. The fourth-order valence-corrected chi connectivity index (χ4v) is 3.72. The number of hydrogen-bond acceptors (Lipinski definition) is 7. The molecule has 0 spiro atoms. The lowest BCUT2D eigenvalue weighted by Crippen LogP contribution is -2.12. The molecule has 0 amide bonds. The van der Waals surface area contributed by atoms with E-state index in [-0.39, 0.29) is 12.4 Å². The first-order chi connectivity index (χ1) is 14.2. The van der Waals surface area contributed by atoms with Crippen LogP contribution < -0.4 is 14.8 Å². The summed E-state index contributed by atoms with van der Waals surface area (Å²) in [6.07, 6.45) is 1.85. The number of nitrogens with zero attached hydrogens (tertiary/aromatic N) is 1. The van der Waals surface area contributed by atoms with Crippen LogP contribution >= 0.6 is 11.3 Å². The molecule has 2 aromatic carbocycles. The summed E-state index contributed by atoms with van der Waals surface area (Å²) in [5, 5.41) is 15.3. The Hall–Kier alpha value is -3.36. The van der Waals surface area contributed by atoms with Crippen molar-refractivity contribution in [2.45, 2.75) is 0 Å². The number of aromatic carboxylic acids is 1. The Balaban J connectivity index is 1.66. The van der Waals surface area contributed by atoms with Crippen molar-refractivity contribution in [2.75, 3.05) is 25.8 Å². The van der Waals surface area contributed by atoms with Crippen molar-refractivity contribution in [2.24, 2.45) is 0 Å². The molecule has 2 N–H and O–H groups in total. The van der Waals surface area contributed by atoms with Crippen molar-refractivity contribution >= 4 is 39.8 Å². The summed E-state index contributed by atoms with van der Waals surface area (Å²) in [5.41, 5.74) is 3.18. The van der Waals surface area contributed by atoms with Crippen molar-refractivity contribution in [3.8, 4) is 11.5 Å². The third kappa shape index (κ3) is 4.08. The third-order valence-corrected chi connectivity index (χ3v) is 5.09. The van der Waals surface area contributed by atoms with E-state index in [1.54, 1.807) is 13.2 Å². The minimum Gasteiger partial charge on any atom is -0.495 e. The lowest BCUT2D eigenvalue weighted by Gasteiger charge is -2.17. The van der Waals surface area contributed by atoms with Crippen molar-refractivity contribution in [3.63, 3.8) is 0 Å². The quantitative estimate of drug-likeness (QED) is 0.640. The van der Waals surface area contributed by atoms with Gasteiger partial charge >= 0.3 is 5.97 Å². The first kappa shape index (κ1) is 19.0. The number of carbonyl (C=O) groups is 1. The minimum absolute atomic E-state index is 0.0366. The molecular formula is C21H18N2O5S. The highest BCUT2D eigenvalue weighted by Crippen LogP contribution is 2.33. The molecule has 1 aliphatic rings. The zero-order chi connectivity index (χ0) is 20.2. The second kappa shape index (κ2) is 8.34. The van der Waals surface area contributed by atoms with Crippen LogP contribution in [-0.4, -0.2) is 36.6 Å². The number of nitrogens with one attached hydrogen (secondary N) is 1. The number of anilines is 2. The zero-order valence-corrected chi connectivity index (χ0v) is 16.4. The lowest BCUT2D eigenvalue weighted by molar-refractivity contribution is 0.0310. The molecule has 0 atom stereocenters. The second-order valence-electron chi connectivity index (χ2n) is 6.17. The summed E-state index contributed by atoms with van der Waals surface area (Å²) >= 11 is 1.46. The van der Waals surface area contributed by atoms with Crippen LogP contribution in [0.5, 0.6) is 11.5 Å². The number of aromatic nitrogens is 1. The van der Waals surface area contributed by atoms with Gasteiger partial charge in [0.25, 0.3) is 0 Å². The van der Waals surface area contributed by atoms with Gasteiger partial charge in [-0.1, -0.05) is 24.3 Å². The number of benzene rings is 2. The van der Waals surface area contributed by atoms with Crippen LogP contribution in [0.1, 0.15) is 21.6 Å². The predicted molar refractivity (Wildman–Crippen MR) is 111 cm³/mol. The summed E-state index contributed by atoms with van der Waals surface area (Å²) in [5.74, 6) is -0.0286. The maximum absolute atomic E-state index is 11.5. The molecule has 1 aliphatic heterocycles. The summed E-state index contributed by atoms with van der Waals surface area (Å²) < 4.78 is 16.4. The highest BCUT2D eigenvalue weighted by atomic mass is 32.1. The SMILES string of the molecule is COc1ccccc1Nc1nc(/C2=C/c3cccc(C(=O)O)c3OCOC2)cs1. The number of para-hydroxylation sites is 3. The number of ether oxygens (including phenoxy) is 3. The van der Waals surface area contributed by atoms with Gasteiger partial charge in [0.05, 0.1) is 25.1 Å². The van der Waals surface area contributed by atoms with Gasteiger partial charge in [0, 0.05) is 16.5 Å². The highest BCUT2D eigenvalue weighted by Gasteiger charge is 2.18. The summed E-state index contributed by atoms with van der Waals surface area (Å²) in [4.78, 5) is 16.1. The Morgan fingerprint density at radius 2 is 2.10 bits per heavy atom. The van der Waals surface area contributed by atoms with Gasteiger partial charge < -0.3 is 24.6 Å². The van der Waals surface area contributed by atoms with E-state index in [9.17, 15) is 9.90 Å². The summed E-state index contributed by atoms with van der Waals surface area (Å²) in [7, 11) is 1.62. The molecule has 148 valence electrons. The Kier molecular flexibility index (Phi) is 5.46. The number of carboxylic acids is 1. The van der Waals surface area contributed by atoms with E-state index < -0.39 is 5.97 Å². The molecule has 0 fully saturated rings. The number of rotatable bonds is 5. The van der Waals surface area contributed by atoms with E-state index in [4.69, 9.17) is 14.2 Å². The predicted octanol–water partition coefficient (Wildman–Crippen LogP) is 4.50. The van der Waals surface area contributed by atoms with Crippen LogP contribution in [0.4, 0.5) is 10.8 Å². The fraction of sp³-hybridized carbons (Fsp3) is 0.143. The number of fused-ring (bicyclic) bond motifs is 1. The Bertz CT molecular complexity index is 1080. The molecule has 29 heavy (non-hydrogen) atoms. The lowest BCUT2D eigenvalue weighted by atomic mass is 10.0. The van der Waals surface area contributed by atoms with Crippen LogP contribution in [0.2, 0.25) is 0 Å². The molecule has 8 heteroatoms.